The van der Waals surface area contributed by atoms with Gasteiger partial charge in [0, 0.05) is 31.2 Å². The summed E-state index contributed by atoms with van der Waals surface area (Å²) in [5.74, 6) is 1.07. The van der Waals surface area contributed by atoms with Crippen molar-refractivity contribution in [2.24, 2.45) is 4.99 Å². The van der Waals surface area contributed by atoms with Crippen molar-refractivity contribution in [3.8, 4) is 0 Å². The number of piperazine rings is 1. The molecule has 1 unspecified atom stereocenters. The van der Waals surface area contributed by atoms with Gasteiger partial charge in [-0.05, 0) is 26.0 Å². The van der Waals surface area contributed by atoms with Crippen molar-refractivity contribution in [3.05, 3.63) is 65.7 Å². The molecule has 0 aliphatic carbocycles. The number of amidine groups is 1. The summed E-state index contributed by atoms with van der Waals surface area (Å²) in [7, 11) is 0. The highest BCUT2D eigenvalue weighted by Crippen LogP contribution is 2.17. The largest absolute Gasteiger partial charge is 0.353 e. The second-order valence-corrected chi connectivity index (χ2v) is 5.94. The first-order valence-electron chi connectivity index (χ1n) is 7.91. The van der Waals surface area contributed by atoms with Gasteiger partial charge in [0.05, 0.1) is 5.69 Å². The minimum atomic E-state index is 0.487. The molecule has 22 heavy (non-hydrogen) atoms. The summed E-state index contributed by atoms with van der Waals surface area (Å²) in [6.07, 6.45) is 0. The molecule has 2 aromatic carbocycles. The summed E-state index contributed by atoms with van der Waals surface area (Å²) < 4.78 is 0. The predicted molar refractivity (Wildman–Crippen MR) is 92.9 cm³/mol. The van der Waals surface area contributed by atoms with Crippen LogP contribution in [0, 0.1) is 6.92 Å². The summed E-state index contributed by atoms with van der Waals surface area (Å²) in [6, 6.07) is 19.4. The molecule has 1 aliphatic heterocycles. The van der Waals surface area contributed by atoms with Crippen LogP contribution in [0.25, 0.3) is 0 Å². The molecule has 1 heterocycles. The van der Waals surface area contributed by atoms with Gasteiger partial charge in [0.15, 0.2) is 0 Å². The molecule has 0 saturated carbocycles. The van der Waals surface area contributed by atoms with Crippen molar-refractivity contribution in [2.45, 2.75) is 19.9 Å². The molecule has 0 spiro atoms. The highest BCUT2D eigenvalue weighted by Gasteiger charge is 2.20. The molecule has 0 radical (unpaired) electrons. The molecule has 0 aromatic heterocycles. The third-order valence-electron chi connectivity index (χ3n) is 3.97. The lowest BCUT2D eigenvalue weighted by Crippen LogP contribution is -2.51. The zero-order valence-electron chi connectivity index (χ0n) is 13.3. The Morgan fingerprint density at radius 1 is 1.09 bits per heavy atom. The Kier molecular flexibility index (Phi) is 4.54. The smallest absolute Gasteiger partial charge is 0.136 e. The predicted octanol–water partition coefficient (Wildman–Crippen LogP) is 3.37. The van der Waals surface area contributed by atoms with Crippen LogP contribution in [0.4, 0.5) is 5.69 Å². The molecule has 114 valence electrons. The Morgan fingerprint density at radius 3 is 2.50 bits per heavy atom. The number of benzene rings is 2. The van der Waals surface area contributed by atoms with Gasteiger partial charge >= 0.3 is 0 Å². The van der Waals surface area contributed by atoms with Gasteiger partial charge in [0.25, 0.3) is 0 Å². The van der Waals surface area contributed by atoms with E-state index in [0.29, 0.717) is 6.04 Å². The number of nitrogens with zero attached hydrogens (tertiary/aromatic N) is 2. The van der Waals surface area contributed by atoms with Gasteiger partial charge in [-0.3, -0.25) is 0 Å². The Balaban J connectivity index is 1.97. The first kappa shape index (κ1) is 14.8. The number of rotatable bonds is 2. The molecule has 1 N–H and O–H groups in total. The summed E-state index contributed by atoms with van der Waals surface area (Å²) in [5, 5.41) is 3.49. The first-order chi connectivity index (χ1) is 10.7. The SMILES string of the molecule is Cc1ccc(N=C(c2ccccc2)N2CCNC(C)C2)cc1. The zero-order chi connectivity index (χ0) is 15.4. The lowest BCUT2D eigenvalue weighted by molar-refractivity contribution is 0.304. The molecule has 1 atom stereocenters. The molecule has 1 saturated heterocycles. The van der Waals surface area contributed by atoms with Crippen LogP contribution in [-0.2, 0) is 0 Å². The fourth-order valence-electron chi connectivity index (χ4n) is 2.77. The highest BCUT2D eigenvalue weighted by molar-refractivity contribution is 6.00. The fraction of sp³-hybridized carbons (Fsp3) is 0.316. The maximum absolute atomic E-state index is 4.94. The van der Waals surface area contributed by atoms with Gasteiger partial charge in [-0.15, -0.1) is 0 Å². The summed E-state index contributed by atoms with van der Waals surface area (Å²) in [6.45, 7) is 7.30. The van der Waals surface area contributed by atoms with Gasteiger partial charge in [-0.25, -0.2) is 4.99 Å². The van der Waals surface area contributed by atoms with E-state index >= 15 is 0 Å². The molecule has 1 aliphatic rings. The number of aryl methyl sites for hydroxylation is 1. The maximum atomic E-state index is 4.94. The van der Waals surface area contributed by atoms with E-state index < -0.39 is 0 Å². The molecular weight excluding hydrogens is 270 g/mol. The molecule has 0 bridgehead atoms. The van der Waals surface area contributed by atoms with Crippen LogP contribution in [0.3, 0.4) is 0 Å². The van der Waals surface area contributed by atoms with E-state index in [0.717, 1.165) is 31.2 Å². The topological polar surface area (TPSA) is 27.6 Å². The second kappa shape index (κ2) is 6.75. The number of aliphatic imine (C=N–C) groups is 1. The monoisotopic (exact) mass is 293 g/mol. The molecule has 1 fully saturated rings. The molecular formula is C19H23N3. The van der Waals surface area contributed by atoms with Crippen LogP contribution in [0.2, 0.25) is 0 Å². The van der Waals surface area contributed by atoms with E-state index in [1.807, 2.05) is 6.07 Å². The van der Waals surface area contributed by atoms with E-state index in [-0.39, 0.29) is 0 Å². The van der Waals surface area contributed by atoms with E-state index in [2.05, 4.69) is 72.6 Å². The average molecular weight is 293 g/mol. The molecule has 3 rings (SSSR count). The zero-order valence-corrected chi connectivity index (χ0v) is 13.3. The minimum Gasteiger partial charge on any atom is -0.353 e. The Bertz CT molecular complexity index is 631. The molecule has 2 aromatic rings. The summed E-state index contributed by atoms with van der Waals surface area (Å²) in [5.41, 5.74) is 3.45. The Hall–Kier alpha value is -2.13. The van der Waals surface area contributed by atoms with Crippen molar-refractivity contribution in [1.82, 2.24) is 10.2 Å². The van der Waals surface area contributed by atoms with E-state index in [9.17, 15) is 0 Å². The van der Waals surface area contributed by atoms with Crippen molar-refractivity contribution < 1.29 is 0 Å². The normalized spacial score (nSPS) is 19.3. The first-order valence-corrected chi connectivity index (χ1v) is 7.91. The van der Waals surface area contributed by atoms with Gasteiger partial charge in [0.2, 0.25) is 0 Å². The fourth-order valence-corrected chi connectivity index (χ4v) is 2.77. The minimum absolute atomic E-state index is 0.487. The van der Waals surface area contributed by atoms with Crippen LogP contribution >= 0.6 is 0 Å². The van der Waals surface area contributed by atoms with Crippen molar-refractivity contribution in [3.63, 3.8) is 0 Å². The standard InChI is InChI=1S/C19H23N3/c1-15-8-10-18(11-9-15)21-19(17-6-4-3-5-7-17)22-13-12-20-16(2)14-22/h3-11,16,20H,12-14H2,1-2H3. The van der Waals surface area contributed by atoms with Crippen molar-refractivity contribution >= 4 is 11.5 Å². The maximum Gasteiger partial charge on any atom is 0.136 e. The number of nitrogens with one attached hydrogen (secondary N) is 1. The quantitative estimate of drug-likeness (QED) is 0.679. The third kappa shape index (κ3) is 3.55. The summed E-state index contributed by atoms with van der Waals surface area (Å²) >= 11 is 0. The summed E-state index contributed by atoms with van der Waals surface area (Å²) in [4.78, 5) is 7.33. The lowest BCUT2D eigenvalue weighted by atomic mass is 10.1. The van der Waals surface area contributed by atoms with E-state index in [4.69, 9.17) is 4.99 Å². The lowest BCUT2D eigenvalue weighted by Gasteiger charge is -2.34. The van der Waals surface area contributed by atoms with Crippen molar-refractivity contribution in [2.75, 3.05) is 19.6 Å². The molecule has 0 amide bonds. The average Bonchev–Trinajstić information content (AvgIpc) is 2.55. The number of hydrogen-bond donors (Lipinski definition) is 1. The molecule has 3 heteroatoms. The van der Waals surface area contributed by atoms with Gasteiger partial charge in [-0.1, -0.05) is 48.0 Å². The van der Waals surface area contributed by atoms with Crippen molar-refractivity contribution in [1.29, 1.82) is 0 Å². The van der Waals surface area contributed by atoms with Crippen LogP contribution in [-0.4, -0.2) is 36.4 Å². The third-order valence-corrected chi connectivity index (χ3v) is 3.97. The van der Waals surface area contributed by atoms with Crippen LogP contribution in [0.1, 0.15) is 18.1 Å². The Morgan fingerprint density at radius 2 is 1.82 bits per heavy atom. The van der Waals surface area contributed by atoms with Crippen LogP contribution in [0.15, 0.2) is 59.6 Å². The van der Waals surface area contributed by atoms with Crippen LogP contribution < -0.4 is 5.32 Å². The van der Waals surface area contributed by atoms with Gasteiger partial charge in [-0.2, -0.15) is 0 Å². The second-order valence-electron chi connectivity index (χ2n) is 5.94. The van der Waals surface area contributed by atoms with E-state index in [1.54, 1.807) is 0 Å². The molecule has 3 nitrogen and oxygen atoms in total. The van der Waals surface area contributed by atoms with Gasteiger partial charge in [0.1, 0.15) is 5.84 Å². The highest BCUT2D eigenvalue weighted by atomic mass is 15.2. The van der Waals surface area contributed by atoms with Gasteiger partial charge < -0.3 is 10.2 Å². The van der Waals surface area contributed by atoms with E-state index in [1.165, 1.54) is 11.1 Å². The van der Waals surface area contributed by atoms with Crippen LogP contribution in [0.5, 0.6) is 0 Å². The number of hydrogen-bond acceptors (Lipinski definition) is 2. The Labute approximate surface area is 132 Å².